The molecule has 10 heteroatoms. The number of fused-ring (bicyclic) bond motifs is 1. The van der Waals surface area contributed by atoms with Crippen molar-refractivity contribution in [3.05, 3.63) is 54.2 Å². The van der Waals surface area contributed by atoms with E-state index < -0.39 is 27.5 Å². The lowest BCUT2D eigenvalue weighted by Gasteiger charge is -2.29. The van der Waals surface area contributed by atoms with E-state index in [0.717, 1.165) is 40.9 Å². The van der Waals surface area contributed by atoms with E-state index in [9.17, 15) is 22.7 Å². The number of rotatable bonds is 5. The first-order valence-corrected chi connectivity index (χ1v) is 14.8. The molecule has 3 aliphatic rings. The van der Waals surface area contributed by atoms with Gasteiger partial charge in [0.2, 0.25) is 0 Å². The fourth-order valence-corrected chi connectivity index (χ4v) is 8.00. The summed E-state index contributed by atoms with van der Waals surface area (Å²) < 4.78 is 37.5. The maximum Gasteiger partial charge on any atom is 0.307 e. The predicted molar refractivity (Wildman–Crippen MR) is 136 cm³/mol. The van der Waals surface area contributed by atoms with Crippen LogP contribution in [0.25, 0.3) is 21.0 Å². The van der Waals surface area contributed by atoms with Crippen molar-refractivity contribution >= 4 is 32.8 Å². The maximum absolute atomic E-state index is 13.9. The van der Waals surface area contributed by atoms with E-state index in [2.05, 4.69) is 9.88 Å². The lowest BCUT2D eigenvalue weighted by molar-refractivity contribution is -0.143. The summed E-state index contributed by atoms with van der Waals surface area (Å²) >= 11 is 1.43. The number of sulfone groups is 1. The SMILES string of the molecule is O=C(O)[C@@H]1CC2CC2C[C@H]1c1nc(-c2cncc(F)c2)sc1-c1ccc(N2CCS(=O)(=O)CC2)cc1. The number of halogens is 1. The molecule has 2 unspecified atom stereocenters. The Hall–Kier alpha value is -2.85. The number of carboxylic acids is 1. The highest BCUT2D eigenvalue weighted by molar-refractivity contribution is 7.91. The zero-order valence-corrected chi connectivity index (χ0v) is 21.1. The summed E-state index contributed by atoms with van der Waals surface area (Å²) in [7, 11) is -2.96. The van der Waals surface area contributed by atoms with Crippen LogP contribution in [0.1, 0.15) is 30.9 Å². The molecule has 3 fully saturated rings. The quantitative estimate of drug-likeness (QED) is 0.523. The zero-order chi connectivity index (χ0) is 25.0. The summed E-state index contributed by atoms with van der Waals surface area (Å²) in [6.07, 6.45) is 5.29. The molecular formula is C26H26FN3O4S2. The Bertz CT molecular complexity index is 1410. The molecule has 36 heavy (non-hydrogen) atoms. The monoisotopic (exact) mass is 527 g/mol. The zero-order valence-electron chi connectivity index (χ0n) is 19.5. The van der Waals surface area contributed by atoms with Gasteiger partial charge in [0.05, 0.1) is 34.2 Å². The molecule has 188 valence electrons. The predicted octanol–water partition coefficient (Wildman–Crippen LogP) is 4.46. The summed E-state index contributed by atoms with van der Waals surface area (Å²) in [4.78, 5) is 24.0. The van der Waals surface area contributed by atoms with Crippen molar-refractivity contribution in [2.45, 2.75) is 25.2 Å². The molecule has 1 N–H and O–H groups in total. The van der Waals surface area contributed by atoms with Gasteiger partial charge in [-0.2, -0.15) is 0 Å². The van der Waals surface area contributed by atoms with Crippen LogP contribution in [-0.4, -0.2) is 54.1 Å². The number of aliphatic carboxylic acids is 1. The number of aromatic nitrogens is 2. The molecule has 3 heterocycles. The third-order valence-electron chi connectivity index (χ3n) is 7.78. The number of pyridine rings is 1. The van der Waals surface area contributed by atoms with Gasteiger partial charge in [-0.15, -0.1) is 11.3 Å². The van der Waals surface area contributed by atoms with Gasteiger partial charge >= 0.3 is 5.97 Å². The standard InChI is InChI=1S/C26H26FN3O4S2/c27-19-10-18(13-28-14-19)25-29-23(21-11-16-9-17(16)12-22(21)26(31)32)24(35-25)15-1-3-20(4-2-15)30-5-7-36(33,34)8-6-30/h1-4,10,13-14,16-17,21-22H,5-9,11-12H2,(H,31,32)/t16?,17?,21-,22-/m1/s1. The third-order valence-corrected chi connectivity index (χ3v) is 10.6. The molecule has 1 aliphatic heterocycles. The van der Waals surface area contributed by atoms with Gasteiger partial charge < -0.3 is 10.0 Å². The van der Waals surface area contributed by atoms with Crippen molar-refractivity contribution in [1.29, 1.82) is 0 Å². The van der Waals surface area contributed by atoms with Crippen LogP contribution in [0.4, 0.5) is 10.1 Å². The van der Waals surface area contributed by atoms with Crippen molar-refractivity contribution in [3.8, 4) is 21.0 Å². The van der Waals surface area contributed by atoms with Crippen molar-refractivity contribution < 1.29 is 22.7 Å². The highest BCUT2D eigenvalue weighted by Gasteiger charge is 2.50. The number of hydrogen-bond donors (Lipinski definition) is 1. The van der Waals surface area contributed by atoms with Gasteiger partial charge in [-0.05, 0) is 54.9 Å². The van der Waals surface area contributed by atoms with Gasteiger partial charge in [-0.25, -0.2) is 17.8 Å². The minimum Gasteiger partial charge on any atom is -0.481 e. The molecule has 4 atom stereocenters. The Kier molecular flexibility index (Phi) is 5.83. The molecule has 7 nitrogen and oxygen atoms in total. The van der Waals surface area contributed by atoms with E-state index >= 15 is 0 Å². The number of nitrogens with zero attached hydrogens (tertiary/aromatic N) is 3. The van der Waals surface area contributed by atoms with Crippen molar-refractivity contribution in [2.75, 3.05) is 29.5 Å². The third kappa shape index (κ3) is 4.52. The second-order valence-corrected chi connectivity index (χ2v) is 13.4. The number of carboxylic acid groups (broad SMARTS) is 1. The molecule has 2 aromatic heterocycles. The first kappa shape index (κ1) is 23.5. The van der Waals surface area contributed by atoms with Gasteiger partial charge in [0, 0.05) is 36.5 Å². The average molecular weight is 528 g/mol. The molecule has 1 aromatic carbocycles. The summed E-state index contributed by atoms with van der Waals surface area (Å²) in [5.41, 5.74) is 3.23. The minimum atomic E-state index is -2.96. The Morgan fingerprint density at radius 3 is 2.44 bits per heavy atom. The van der Waals surface area contributed by atoms with E-state index in [-0.39, 0.29) is 17.4 Å². The normalized spacial score (nSPS) is 26.9. The van der Waals surface area contributed by atoms with E-state index in [1.807, 2.05) is 24.3 Å². The largest absolute Gasteiger partial charge is 0.481 e. The van der Waals surface area contributed by atoms with Crippen LogP contribution in [0.3, 0.4) is 0 Å². The molecule has 2 saturated carbocycles. The smallest absolute Gasteiger partial charge is 0.307 e. The number of hydrogen-bond acceptors (Lipinski definition) is 7. The number of benzene rings is 1. The lowest BCUT2D eigenvalue weighted by atomic mass is 9.77. The fourth-order valence-electron chi connectivity index (χ4n) is 5.68. The Morgan fingerprint density at radius 1 is 1.03 bits per heavy atom. The summed E-state index contributed by atoms with van der Waals surface area (Å²) in [5.74, 6) is -0.545. The molecule has 0 bridgehead atoms. The molecule has 0 amide bonds. The van der Waals surface area contributed by atoms with Gasteiger partial charge in [0.1, 0.15) is 10.8 Å². The van der Waals surface area contributed by atoms with Gasteiger partial charge in [-0.1, -0.05) is 12.1 Å². The first-order chi connectivity index (χ1) is 17.3. The van der Waals surface area contributed by atoms with Crippen LogP contribution in [0, 0.1) is 23.6 Å². The van der Waals surface area contributed by atoms with Crippen LogP contribution in [0.15, 0.2) is 42.7 Å². The van der Waals surface area contributed by atoms with Crippen LogP contribution in [-0.2, 0) is 14.6 Å². The van der Waals surface area contributed by atoms with Gasteiger partial charge in [0.25, 0.3) is 0 Å². The molecule has 1 saturated heterocycles. The Morgan fingerprint density at radius 2 is 1.75 bits per heavy atom. The molecule has 0 radical (unpaired) electrons. The highest BCUT2D eigenvalue weighted by Crippen LogP contribution is 2.57. The van der Waals surface area contributed by atoms with Crippen LogP contribution < -0.4 is 4.90 Å². The summed E-state index contributed by atoms with van der Waals surface area (Å²) in [6, 6.07) is 9.34. The van der Waals surface area contributed by atoms with Gasteiger partial charge in [0.15, 0.2) is 9.84 Å². The van der Waals surface area contributed by atoms with E-state index in [4.69, 9.17) is 4.98 Å². The molecule has 3 aromatic rings. The summed E-state index contributed by atoms with van der Waals surface area (Å²) in [5, 5.41) is 10.6. The first-order valence-electron chi connectivity index (χ1n) is 12.2. The number of carbonyl (C=O) groups is 1. The molecule has 0 spiro atoms. The average Bonchev–Trinajstić information content (AvgIpc) is 3.49. The van der Waals surface area contributed by atoms with Crippen molar-refractivity contribution in [3.63, 3.8) is 0 Å². The van der Waals surface area contributed by atoms with Crippen LogP contribution >= 0.6 is 11.3 Å². The van der Waals surface area contributed by atoms with E-state index in [1.165, 1.54) is 17.4 Å². The number of anilines is 1. The second-order valence-electron chi connectivity index (χ2n) is 10.1. The van der Waals surface area contributed by atoms with Crippen LogP contribution in [0.5, 0.6) is 0 Å². The van der Waals surface area contributed by atoms with Crippen molar-refractivity contribution in [2.24, 2.45) is 17.8 Å². The molecular weight excluding hydrogens is 501 g/mol. The molecule has 6 rings (SSSR count). The maximum atomic E-state index is 13.9. The van der Waals surface area contributed by atoms with Gasteiger partial charge in [-0.3, -0.25) is 9.78 Å². The summed E-state index contributed by atoms with van der Waals surface area (Å²) in [6.45, 7) is 0.935. The minimum absolute atomic E-state index is 0.152. The molecule has 2 aliphatic carbocycles. The number of thiazole rings is 1. The second kappa shape index (κ2) is 8.92. The van der Waals surface area contributed by atoms with E-state index in [0.29, 0.717) is 41.9 Å². The Balaban J connectivity index is 1.38. The topological polar surface area (TPSA) is 100 Å². The fraction of sp³-hybridized carbons (Fsp3) is 0.423. The van der Waals surface area contributed by atoms with Crippen LogP contribution in [0.2, 0.25) is 0 Å². The van der Waals surface area contributed by atoms with Crippen molar-refractivity contribution in [1.82, 2.24) is 9.97 Å². The lowest BCUT2D eigenvalue weighted by Crippen LogP contribution is -2.40. The Labute approximate surface area is 212 Å². The van der Waals surface area contributed by atoms with E-state index in [1.54, 1.807) is 6.20 Å². The highest BCUT2D eigenvalue weighted by atomic mass is 32.2.